The van der Waals surface area contributed by atoms with Gasteiger partial charge in [0.25, 0.3) is 5.91 Å². The fourth-order valence-corrected chi connectivity index (χ4v) is 4.61. The molecule has 5 nitrogen and oxygen atoms in total. The van der Waals surface area contributed by atoms with Crippen molar-refractivity contribution < 1.29 is 9.90 Å². The summed E-state index contributed by atoms with van der Waals surface area (Å²) in [7, 11) is 0. The SMILES string of the molecule is N#C[C@@H]1[C@@H](c2ccc(C#CCC3CCCC3)cc2)[C@@H](CO)N1C(=O)c1ccccn1. The lowest BCUT2D eigenvalue weighted by Gasteiger charge is -2.51. The van der Waals surface area contributed by atoms with Crippen LogP contribution in [0, 0.1) is 29.1 Å². The van der Waals surface area contributed by atoms with Gasteiger partial charge in [-0.05, 0) is 48.6 Å². The molecular weight excluding hydrogens is 374 g/mol. The average Bonchev–Trinajstić information content (AvgIpc) is 3.29. The van der Waals surface area contributed by atoms with Gasteiger partial charge in [-0.1, -0.05) is 42.9 Å². The van der Waals surface area contributed by atoms with Gasteiger partial charge < -0.3 is 10.0 Å². The Morgan fingerprint density at radius 3 is 2.57 bits per heavy atom. The Morgan fingerprint density at radius 2 is 1.93 bits per heavy atom. The summed E-state index contributed by atoms with van der Waals surface area (Å²) in [6.07, 6.45) is 7.75. The maximum atomic E-state index is 12.8. The van der Waals surface area contributed by atoms with Gasteiger partial charge in [0.05, 0.1) is 18.7 Å². The van der Waals surface area contributed by atoms with E-state index in [1.807, 2.05) is 24.3 Å². The number of hydrogen-bond donors (Lipinski definition) is 1. The van der Waals surface area contributed by atoms with Crippen LogP contribution in [0.15, 0.2) is 48.7 Å². The first-order chi connectivity index (χ1) is 14.7. The van der Waals surface area contributed by atoms with E-state index < -0.39 is 12.1 Å². The monoisotopic (exact) mass is 399 g/mol. The molecular formula is C25H25N3O2. The zero-order valence-corrected chi connectivity index (χ0v) is 16.9. The molecule has 152 valence electrons. The Morgan fingerprint density at radius 1 is 1.17 bits per heavy atom. The number of rotatable bonds is 4. The Hall–Kier alpha value is -3.15. The van der Waals surface area contributed by atoms with Gasteiger partial charge in [0.1, 0.15) is 11.7 Å². The van der Waals surface area contributed by atoms with Crippen molar-refractivity contribution >= 4 is 5.91 Å². The standard InChI is InChI=1S/C25H25N3O2/c26-16-22-24(23(17-29)28(22)25(30)21-10-3-4-15-27-21)20-13-11-19(12-14-20)9-5-8-18-6-1-2-7-18/h3-4,10-15,18,22-24,29H,1-2,6-8,17H2/t22-,23-,24-/m1/s1. The molecule has 1 aromatic heterocycles. The number of hydrogen-bond acceptors (Lipinski definition) is 4. The molecule has 0 unspecified atom stereocenters. The van der Waals surface area contributed by atoms with Gasteiger partial charge >= 0.3 is 0 Å². The Kier molecular flexibility index (Phi) is 6.12. The van der Waals surface area contributed by atoms with E-state index in [4.69, 9.17) is 0 Å². The smallest absolute Gasteiger partial charge is 0.273 e. The van der Waals surface area contributed by atoms with Crippen molar-refractivity contribution in [1.82, 2.24) is 9.88 Å². The summed E-state index contributed by atoms with van der Waals surface area (Å²) in [5.74, 6) is 6.72. The highest BCUT2D eigenvalue weighted by Crippen LogP contribution is 2.41. The van der Waals surface area contributed by atoms with Crippen LogP contribution in [0.3, 0.4) is 0 Å². The van der Waals surface area contributed by atoms with Gasteiger partial charge in [0, 0.05) is 24.1 Å². The van der Waals surface area contributed by atoms with Crippen LogP contribution in [0.1, 0.15) is 59.6 Å². The summed E-state index contributed by atoms with van der Waals surface area (Å²) < 4.78 is 0. The molecule has 2 fully saturated rings. The van der Waals surface area contributed by atoms with E-state index in [0.29, 0.717) is 0 Å². The Bertz CT molecular complexity index is 979. The Labute approximate surface area is 177 Å². The lowest BCUT2D eigenvalue weighted by Crippen LogP contribution is -2.65. The van der Waals surface area contributed by atoms with E-state index in [9.17, 15) is 15.2 Å². The van der Waals surface area contributed by atoms with Crippen LogP contribution < -0.4 is 0 Å². The van der Waals surface area contributed by atoms with E-state index in [2.05, 4.69) is 22.9 Å². The molecule has 1 saturated heterocycles. The summed E-state index contributed by atoms with van der Waals surface area (Å²) in [5.41, 5.74) is 2.17. The number of aliphatic hydroxyl groups is 1. The van der Waals surface area contributed by atoms with Crippen molar-refractivity contribution in [2.45, 2.75) is 50.1 Å². The van der Waals surface area contributed by atoms with Crippen LogP contribution in [-0.4, -0.2) is 39.6 Å². The predicted octanol–water partition coefficient (Wildman–Crippen LogP) is 3.51. The van der Waals surface area contributed by atoms with Gasteiger partial charge in [-0.2, -0.15) is 5.26 Å². The highest BCUT2D eigenvalue weighted by atomic mass is 16.3. The lowest BCUT2D eigenvalue weighted by atomic mass is 9.75. The number of pyridine rings is 1. The normalized spacial score (nSPS) is 23.2. The highest BCUT2D eigenvalue weighted by Gasteiger charge is 2.52. The first kappa shape index (κ1) is 20.1. The summed E-state index contributed by atoms with van der Waals surface area (Å²) in [4.78, 5) is 18.3. The van der Waals surface area contributed by atoms with Crippen LogP contribution in [-0.2, 0) is 0 Å². The number of amides is 1. The van der Waals surface area contributed by atoms with Gasteiger partial charge in [-0.15, -0.1) is 0 Å². The van der Waals surface area contributed by atoms with Crippen molar-refractivity contribution in [3.8, 4) is 17.9 Å². The second-order valence-corrected chi connectivity index (χ2v) is 8.06. The highest BCUT2D eigenvalue weighted by molar-refractivity contribution is 5.94. The third kappa shape index (κ3) is 3.95. The molecule has 2 aromatic rings. The van der Waals surface area contributed by atoms with Gasteiger partial charge in [0.2, 0.25) is 0 Å². The molecule has 2 aliphatic rings. The molecule has 30 heavy (non-hydrogen) atoms. The van der Waals surface area contributed by atoms with Crippen LogP contribution in [0.4, 0.5) is 0 Å². The van der Waals surface area contributed by atoms with Crippen LogP contribution in [0.2, 0.25) is 0 Å². The third-order valence-electron chi connectivity index (χ3n) is 6.24. The molecule has 0 bridgehead atoms. The third-order valence-corrected chi connectivity index (χ3v) is 6.24. The van der Waals surface area contributed by atoms with E-state index in [1.54, 1.807) is 24.4 Å². The summed E-state index contributed by atoms with van der Waals surface area (Å²) in [5, 5.41) is 19.6. The minimum atomic E-state index is -0.629. The number of benzene rings is 1. The molecule has 5 heteroatoms. The summed E-state index contributed by atoms with van der Waals surface area (Å²) >= 11 is 0. The zero-order valence-electron chi connectivity index (χ0n) is 16.9. The van der Waals surface area contributed by atoms with Crippen molar-refractivity contribution in [3.63, 3.8) is 0 Å². The summed E-state index contributed by atoms with van der Waals surface area (Å²) in [6, 6.07) is 14.1. The topological polar surface area (TPSA) is 77.2 Å². The first-order valence-electron chi connectivity index (χ1n) is 10.6. The molecule has 0 spiro atoms. The van der Waals surface area contributed by atoms with Crippen LogP contribution >= 0.6 is 0 Å². The summed E-state index contributed by atoms with van der Waals surface area (Å²) in [6.45, 7) is -0.204. The number of nitrogens with zero attached hydrogens (tertiary/aromatic N) is 3. The number of likely N-dealkylation sites (tertiary alicyclic amines) is 1. The number of carbonyl (C=O) groups excluding carboxylic acids is 1. The molecule has 1 amide bonds. The van der Waals surface area contributed by atoms with Crippen molar-refractivity contribution in [1.29, 1.82) is 5.26 Å². The molecule has 3 atom stereocenters. The quantitative estimate of drug-likeness (QED) is 0.798. The number of carbonyl (C=O) groups is 1. The molecule has 4 rings (SSSR count). The predicted molar refractivity (Wildman–Crippen MR) is 113 cm³/mol. The average molecular weight is 399 g/mol. The molecule has 1 N–H and O–H groups in total. The lowest BCUT2D eigenvalue weighted by molar-refractivity contribution is -0.00629. The number of nitriles is 1. The second-order valence-electron chi connectivity index (χ2n) is 8.06. The fraction of sp³-hybridized carbons (Fsp3) is 0.400. The fourth-order valence-electron chi connectivity index (χ4n) is 4.61. The van der Waals surface area contributed by atoms with Gasteiger partial charge in [-0.3, -0.25) is 9.78 Å². The molecule has 1 aromatic carbocycles. The molecule has 1 aliphatic heterocycles. The number of aliphatic hydroxyl groups excluding tert-OH is 1. The maximum absolute atomic E-state index is 12.8. The molecule has 0 radical (unpaired) electrons. The van der Waals surface area contributed by atoms with E-state index in [-0.39, 0.29) is 24.1 Å². The largest absolute Gasteiger partial charge is 0.394 e. The van der Waals surface area contributed by atoms with E-state index >= 15 is 0 Å². The van der Waals surface area contributed by atoms with Crippen molar-refractivity contribution in [2.24, 2.45) is 5.92 Å². The van der Waals surface area contributed by atoms with E-state index in [0.717, 1.165) is 23.5 Å². The van der Waals surface area contributed by atoms with Crippen LogP contribution in [0.5, 0.6) is 0 Å². The molecule has 1 aliphatic carbocycles. The zero-order chi connectivity index (χ0) is 20.9. The minimum Gasteiger partial charge on any atom is -0.394 e. The number of aromatic nitrogens is 1. The van der Waals surface area contributed by atoms with Gasteiger partial charge in [0.15, 0.2) is 0 Å². The van der Waals surface area contributed by atoms with Crippen molar-refractivity contribution in [3.05, 3.63) is 65.5 Å². The molecule has 2 heterocycles. The molecule has 1 saturated carbocycles. The first-order valence-corrected chi connectivity index (χ1v) is 10.6. The van der Waals surface area contributed by atoms with Crippen molar-refractivity contribution in [2.75, 3.05) is 6.61 Å². The van der Waals surface area contributed by atoms with Crippen LogP contribution in [0.25, 0.3) is 0 Å². The van der Waals surface area contributed by atoms with Gasteiger partial charge in [-0.25, -0.2) is 0 Å². The second kappa shape index (κ2) is 9.11. The minimum absolute atomic E-state index is 0.204. The Balaban J connectivity index is 1.47. The maximum Gasteiger partial charge on any atom is 0.273 e. The van der Waals surface area contributed by atoms with E-state index in [1.165, 1.54) is 30.6 Å².